The highest BCUT2D eigenvalue weighted by Crippen LogP contribution is 2.12. The van der Waals surface area contributed by atoms with Gasteiger partial charge in [0.25, 0.3) is 0 Å². The zero-order valence-electron chi connectivity index (χ0n) is 10.2. The van der Waals surface area contributed by atoms with Gasteiger partial charge in [-0.15, -0.1) is 11.3 Å². The van der Waals surface area contributed by atoms with Crippen LogP contribution in [0.15, 0.2) is 17.1 Å². The van der Waals surface area contributed by atoms with Crippen molar-refractivity contribution in [3.8, 4) is 0 Å². The van der Waals surface area contributed by atoms with Crippen LogP contribution < -0.4 is 0 Å². The number of thiazole rings is 1. The Hall–Kier alpha value is -1.73. The summed E-state index contributed by atoms with van der Waals surface area (Å²) in [5.74, 6) is -0.944. The van der Waals surface area contributed by atoms with Crippen LogP contribution in [-0.4, -0.2) is 37.8 Å². The summed E-state index contributed by atoms with van der Waals surface area (Å²) in [6.45, 7) is 1.21. The molecule has 0 aliphatic heterocycles. The van der Waals surface area contributed by atoms with E-state index in [1.54, 1.807) is 28.6 Å². The van der Waals surface area contributed by atoms with Crippen molar-refractivity contribution in [2.45, 2.75) is 13.1 Å². The average Bonchev–Trinajstić information content (AvgIpc) is 2.90. The van der Waals surface area contributed by atoms with Gasteiger partial charge in [-0.25, -0.2) is 9.78 Å². The van der Waals surface area contributed by atoms with Crippen LogP contribution in [0.3, 0.4) is 0 Å². The molecule has 0 amide bonds. The van der Waals surface area contributed by atoms with Crippen molar-refractivity contribution < 1.29 is 9.90 Å². The van der Waals surface area contributed by atoms with Gasteiger partial charge in [-0.2, -0.15) is 5.10 Å². The summed E-state index contributed by atoms with van der Waals surface area (Å²) in [5.41, 5.74) is 3.72. The number of aryl methyl sites for hydroxylation is 1. The largest absolute Gasteiger partial charge is 0.478 e. The van der Waals surface area contributed by atoms with E-state index in [0.29, 0.717) is 18.8 Å². The van der Waals surface area contributed by atoms with Gasteiger partial charge < -0.3 is 5.11 Å². The summed E-state index contributed by atoms with van der Waals surface area (Å²) in [4.78, 5) is 17.3. The van der Waals surface area contributed by atoms with E-state index in [-0.39, 0.29) is 5.56 Å². The summed E-state index contributed by atoms with van der Waals surface area (Å²) >= 11 is 1.55. The molecule has 0 bridgehead atoms. The predicted molar refractivity (Wildman–Crippen MR) is 67.5 cm³/mol. The SMILES string of the molecule is CN(Cc1cscn1)Cc1c(C(=O)O)cnn1C. The second-order valence-electron chi connectivity index (χ2n) is 4.09. The second kappa shape index (κ2) is 5.28. The van der Waals surface area contributed by atoms with Crippen LogP contribution in [0.2, 0.25) is 0 Å². The number of nitrogens with zero attached hydrogens (tertiary/aromatic N) is 4. The zero-order valence-corrected chi connectivity index (χ0v) is 11.0. The first-order chi connectivity index (χ1) is 8.58. The number of carbonyl (C=O) groups is 1. The molecule has 7 heteroatoms. The van der Waals surface area contributed by atoms with Crippen LogP contribution >= 0.6 is 11.3 Å². The van der Waals surface area contributed by atoms with Crippen LogP contribution in [0.5, 0.6) is 0 Å². The predicted octanol–water partition coefficient (Wildman–Crippen LogP) is 1.21. The highest BCUT2D eigenvalue weighted by atomic mass is 32.1. The Kier molecular flexibility index (Phi) is 3.73. The number of aromatic carboxylic acids is 1. The topological polar surface area (TPSA) is 71.2 Å². The Bertz CT molecular complexity index is 535. The van der Waals surface area contributed by atoms with Crippen LogP contribution in [0.4, 0.5) is 0 Å². The van der Waals surface area contributed by atoms with Crippen LogP contribution in [-0.2, 0) is 20.1 Å². The van der Waals surface area contributed by atoms with Gasteiger partial charge in [0.05, 0.1) is 23.1 Å². The van der Waals surface area contributed by atoms with Gasteiger partial charge in [-0.05, 0) is 7.05 Å². The first-order valence-electron chi connectivity index (χ1n) is 5.37. The fraction of sp³-hybridized carbons (Fsp3) is 0.364. The first kappa shape index (κ1) is 12.7. The minimum atomic E-state index is -0.944. The van der Waals surface area contributed by atoms with Crippen LogP contribution in [0.1, 0.15) is 21.7 Å². The molecule has 0 saturated carbocycles. The van der Waals surface area contributed by atoms with Crippen molar-refractivity contribution in [2.24, 2.45) is 7.05 Å². The maximum absolute atomic E-state index is 11.1. The molecule has 0 unspecified atom stereocenters. The maximum atomic E-state index is 11.1. The van der Waals surface area contributed by atoms with Gasteiger partial charge in [0.2, 0.25) is 0 Å². The second-order valence-corrected chi connectivity index (χ2v) is 4.80. The summed E-state index contributed by atoms with van der Waals surface area (Å²) in [6, 6.07) is 0. The molecule has 0 radical (unpaired) electrons. The molecule has 96 valence electrons. The summed E-state index contributed by atoms with van der Waals surface area (Å²) in [6.07, 6.45) is 1.38. The minimum Gasteiger partial charge on any atom is -0.478 e. The quantitative estimate of drug-likeness (QED) is 0.880. The molecular formula is C11H14N4O2S. The van der Waals surface area contributed by atoms with E-state index in [9.17, 15) is 4.79 Å². The molecule has 0 saturated heterocycles. The van der Waals surface area contributed by atoms with E-state index in [1.165, 1.54) is 6.20 Å². The number of hydrogen-bond donors (Lipinski definition) is 1. The van der Waals surface area contributed by atoms with Crippen LogP contribution in [0, 0.1) is 0 Å². The lowest BCUT2D eigenvalue weighted by molar-refractivity contribution is 0.0694. The van der Waals surface area contributed by atoms with Crippen molar-refractivity contribution in [3.05, 3.63) is 34.0 Å². The molecule has 2 aromatic rings. The zero-order chi connectivity index (χ0) is 13.1. The minimum absolute atomic E-state index is 0.252. The highest BCUT2D eigenvalue weighted by molar-refractivity contribution is 7.07. The van der Waals surface area contributed by atoms with Crippen molar-refractivity contribution in [1.82, 2.24) is 19.7 Å². The van der Waals surface area contributed by atoms with E-state index in [4.69, 9.17) is 5.11 Å². The lowest BCUT2D eigenvalue weighted by Crippen LogP contribution is -2.21. The molecule has 0 spiro atoms. The number of carboxylic acids is 1. The molecule has 0 aromatic carbocycles. The van der Waals surface area contributed by atoms with Gasteiger partial charge in [0.1, 0.15) is 5.56 Å². The molecule has 0 aliphatic carbocycles. The average molecular weight is 266 g/mol. The third-order valence-electron chi connectivity index (χ3n) is 2.63. The fourth-order valence-corrected chi connectivity index (χ4v) is 2.28. The summed E-state index contributed by atoms with van der Waals surface area (Å²) in [5, 5.41) is 15.0. The van der Waals surface area contributed by atoms with E-state index < -0.39 is 5.97 Å². The molecular weight excluding hydrogens is 252 g/mol. The molecule has 2 aromatic heterocycles. The van der Waals surface area contributed by atoms with Gasteiger partial charge in [0.15, 0.2) is 0 Å². The lowest BCUT2D eigenvalue weighted by atomic mass is 10.2. The number of carboxylic acid groups (broad SMARTS) is 1. The third-order valence-corrected chi connectivity index (χ3v) is 3.26. The van der Waals surface area contributed by atoms with E-state index in [1.807, 2.05) is 17.3 Å². The molecule has 18 heavy (non-hydrogen) atoms. The molecule has 6 nitrogen and oxygen atoms in total. The van der Waals surface area contributed by atoms with E-state index >= 15 is 0 Å². The summed E-state index contributed by atoms with van der Waals surface area (Å²) < 4.78 is 1.60. The Morgan fingerprint density at radius 3 is 2.94 bits per heavy atom. The molecule has 0 atom stereocenters. The van der Waals surface area contributed by atoms with Crippen molar-refractivity contribution in [3.63, 3.8) is 0 Å². The van der Waals surface area contributed by atoms with Crippen molar-refractivity contribution in [2.75, 3.05) is 7.05 Å². The normalized spacial score (nSPS) is 11.1. The van der Waals surface area contributed by atoms with E-state index in [2.05, 4.69) is 10.1 Å². The number of rotatable bonds is 5. The van der Waals surface area contributed by atoms with Gasteiger partial charge in [0, 0.05) is 25.5 Å². The molecule has 2 rings (SSSR count). The van der Waals surface area contributed by atoms with Crippen molar-refractivity contribution >= 4 is 17.3 Å². The van der Waals surface area contributed by atoms with Gasteiger partial charge >= 0.3 is 5.97 Å². The van der Waals surface area contributed by atoms with Gasteiger partial charge in [-0.3, -0.25) is 9.58 Å². The standard InChI is InChI=1S/C11H14N4O2S/c1-14(4-8-6-18-7-12-8)5-10-9(11(16)17)3-13-15(10)2/h3,6-7H,4-5H2,1-2H3,(H,16,17). The number of aromatic nitrogens is 3. The van der Waals surface area contributed by atoms with Crippen molar-refractivity contribution in [1.29, 1.82) is 0 Å². The monoisotopic (exact) mass is 266 g/mol. The first-order valence-corrected chi connectivity index (χ1v) is 6.32. The van der Waals surface area contributed by atoms with Crippen LogP contribution in [0.25, 0.3) is 0 Å². The Morgan fingerprint density at radius 1 is 1.56 bits per heavy atom. The summed E-state index contributed by atoms with van der Waals surface area (Å²) in [7, 11) is 3.68. The Morgan fingerprint density at radius 2 is 2.33 bits per heavy atom. The number of hydrogen-bond acceptors (Lipinski definition) is 5. The third kappa shape index (κ3) is 2.74. The molecule has 0 fully saturated rings. The maximum Gasteiger partial charge on any atom is 0.339 e. The Balaban J connectivity index is 2.09. The smallest absolute Gasteiger partial charge is 0.339 e. The van der Waals surface area contributed by atoms with E-state index in [0.717, 1.165) is 5.69 Å². The molecule has 0 aliphatic rings. The lowest BCUT2D eigenvalue weighted by Gasteiger charge is -2.15. The van der Waals surface area contributed by atoms with Gasteiger partial charge in [-0.1, -0.05) is 0 Å². The highest BCUT2D eigenvalue weighted by Gasteiger charge is 2.16. The fourth-order valence-electron chi connectivity index (χ4n) is 1.73. The molecule has 1 N–H and O–H groups in total. The Labute approximate surface area is 108 Å². The molecule has 2 heterocycles.